The Morgan fingerprint density at radius 3 is 2.67 bits per heavy atom. The van der Waals surface area contributed by atoms with Crippen molar-refractivity contribution in [2.45, 2.75) is 44.2 Å². The first-order valence-corrected chi connectivity index (χ1v) is 9.33. The minimum Gasteiger partial charge on any atom is -0.449 e. The summed E-state index contributed by atoms with van der Waals surface area (Å²) in [5, 5.41) is 21.0. The minimum atomic E-state index is -4.02. The summed E-state index contributed by atoms with van der Waals surface area (Å²) in [4.78, 5) is 11.3. The van der Waals surface area contributed by atoms with Crippen molar-refractivity contribution in [3.8, 4) is 0 Å². The van der Waals surface area contributed by atoms with Crippen LogP contribution in [-0.4, -0.2) is 79.9 Å². The standard InChI is InChI=1S/C13H25NO9S/c15-9-11-7-10(16)8-12(23-11)21-4-2-5-22-13(17)14-3-1-6-24(18,19)20/h10-12,15-16H,1-9H2,(H,14,17)(H,18,19,20). The predicted octanol–water partition coefficient (Wildman–Crippen LogP) is -0.744. The van der Waals surface area contributed by atoms with Crippen LogP contribution in [0.4, 0.5) is 4.79 Å². The van der Waals surface area contributed by atoms with E-state index in [1.165, 1.54) is 0 Å². The maximum atomic E-state index is 11.3. The lowest BCUT2D eigenvalue weighted by Gasteiger charge is -2.31. The van der Waals surface area contributed by atoms with Gasteiger partial charge in [0.1, 0.15) is 0 Å². The largest absolute Gasteiger partial charge is 0.449 e. The number of hydrogen-bond acceptors (Lipinski definition) is 8. The fourth-order valence-corrected chi connectivity index (χ4v) is 2.62. The molecule has 1 rings (SSSR count). The lowest BCUT2D eigenvalue weighted by Crippen LogP contribution is -2.39. The Balaban J connectivity index is 2.02. The number of aliphatic hydroxyl groups is 2. The van der Waals surface area contributed by atoms with Crippen LogP contribution in [0.25, 0.3) is 0 Å². The van der Waals surface area contributed by atoms with E-state index in [2.05, 4.69) is 5.32 Å². The maximum absolute atomic E-state index is 11.3. The molecule has 1 saturated heterocycles. The van der Waals surface area contributed by atoms with E-state index < -0.39 is 40.5 Å². The molecule has 1 amide bonds. The number of ether oxygens (including phenoxy) is 3. The summed E-state index contributed by atoms with van der Waals surface area (Å²) < 4.78 is 45.1. The number of alkyl carbamates (subject to hydrolysis) is 1. The second-order valence-corrected chi connectivity index (χ2v) is 6.99. The molecule has 4 N–H and O–H groups in total. The second-order valence-electron chi connectivity index (χ2n) is 5.42. The van der Waals surface area contributed by atoms with Crippen molar-refractivity contribution in [1.82, 2.24) is 5.32 Å². The topological polar surface area (TPSA) is 152 Å². The van der Waals surface area contributed by atoms with E-state index in [1.807, 2.05) is 0 Å². The highest BCUT2D eigenvalue weighted by Gasteiger charge is 2.28. The first-order chi connectivity index (χ1) is 11.3. The number of rotatable bonds is 10. The summed E-state index contributed by atoms with van der Waals surface area (Å²) in [6, 6.07) is 0. The van der Waals surface area contributed by atoms with Gasteiger partial charge in [-0.2, -0.15) is 8.42 Å². The van der Waals surface area contributed by atoms with E-state index >= 15 is 0 Å². The molecule has 0 aromatic rings. The van der Waals surface area contributed by atoms with Gasteiger partial charge in [-0.05, 0) is 6.42 Å². The molecule has 3 unspecified atom stereocenters. The van der Waals surface area contributed by atoms with Crippen LogP contribution in [0.5, 0.6) is 0 Å². The minimum absolute atomic E-state index is 0.0749. The Morgan fingerprint density at radius 1 is 1.25 bits per heavy atom. The van der Waals surface area contributed by atoms with Crippen molar-refractivity contribution in [3.05, 3.63) is 0 Å². The van der Waals surface area contributed by atoms with Crippen molar-refractivity contribution in [2.75, 3.05) is 32.1 Å². The van der Waals surface area contributed by atoms with Crippen LogP contribution in [0, 0.1) is 0 Å². The van der Waals surface area contributed by atoms with Gasteiger partial charge in [0.05, 0.1) is 37.8 Å². The van der Waals surface area contributed by atoms with Gasteiger partial charge in [-0.15, -0.1) is 0 Å². The number of aliphatic hydroxyl groups excluding tert-OH is 2. The third-order valence-electron chi connectivity index (χ3n) is 3.22. The van der Waals surface area contributed by atoms with Crippen LogP contribution >= 0.6 is 0 Å². The van der Waals surface area contributed by atoms with E-state index in [1.54, 1.807) is 0 Å². The number of carbonyl (C=O) groups excluding carboxylic acids is 1. The lowest BCUT2D eigenvalue weighted by atomic mass is 10.1. The van der Waals surface area contributed by atoms with Crippen LogP contribution < -0.4 is 5.32 Å². The molecule has 0 aromatic heterocycles. The molecule has 1 heterocycles. The van der Waals surface area contributed by atoms with Crippen LogP contribution in [0.1, 0.15) is 25.7 Å². The Kier molecular flexibility index (Phi) is 9.48. The molecule has 10 nitrogen and oxygen atoms in total. The zero-order valence-electron chi connectivity index (χ0n) is 13.3. The Morgan fingerprint density at radius 2 is 2.00 bits per heavy atom. The molecule has 1 aliphatic rings. The maximum Gasteiger partial charge on any atom is 0.407 e. The van der Waals surface area contributed by atoms with Gasteiger partial charge in [0.15, 0.2) is 6.29 Å². The molecule has 142 valence electrons. The summed E-state index contributed by atoms with van der Waals surface area (Å²) in [5.41, 5.74) is 0. The monoisotopic (exact) mass is 371 g/mol. The summed E-state index contributed by atoms with van der Waals surface area (Å²) in [6.45, 7) is 0.248. The number of hydrogen-bond donors (Lipinski definition) is 4. The van der Waals surface area contributed by atoms with Gasteiger partial charge < -0.3 is 29.7 Å². The summed E-state index contributed by atoms with van der Waals surface area (Å²) >= 11 is 0. The highest BCUT2D eigenvalue weighted by Crippen LogP contribution is 2.20. The number of carbonyl (C=O) groups is 1. The van der Waals surface area contributed by atoms with Crippen molar-refractivity contribution in [1.29, 1.82) is 0 Å². The van der Waals surface area contributed by atoms with Gasteiger partial charge in [-0.1, -0.05) is 0 Å². The Labute approximate surface area is 140 Å². The van der Waals surface area contributed by atoms with Crippen LogP contribution in [0.3, 0.4) is 0 Å². The van der Waals surface area contributed by atoms with Gasteiger partial charge in [-0.3, -0.25) is 4.55 Å². The van der Waals surface area contributed by atoms with E-state index in [0.29, 0.717) is 19.3 Å². The average molecular weight is 371 g/mol. The molecule has 3 atom stereocenters. The van der Waals surface area contributed by atoms with Gasteiger partial charge in [0.25, 0.3) is 10.1 Å². The molecular formula is C13H25NO9S. The van der Waals surface area contributed by atoms with Crippen molar-refractivity contribution >= 4 is 16.2 Å². The van der Waals surface area contributed by atoms with Crippen molar-refractivity contribution in [3.63, 3.8) is 0 Å². The fraction of sp³-hybridized carbons (Fsp3) is 0.923. The smallest absolute Gasteiger partial charge is 0.407 e. The fourth-order valence-electron chi connectivity index (χ4n) is 2.11. The second kappa shape index (κ2) is 10.8. The highest BCUT2D eigenvalue weighted by atomic mass is 32.2. The van der Waals surface area contributed by atoms with Crippen molar-refractivity contribution in [2.24, 2.45) is 0 Å². The predicted molar refractivity (Wildman–Crippen MR) is 81.9 cm³/mol. The number of amides is 1. The molecule has 0 spiro atoms. The first kappa shape index (κ1) is 21.1. The van der Waals surface area contributed by atoms with E-state index in [9.17, 15) is 18.3 Å². The SMILES string of the molecule is O=C(NCCCS(=O)(=O)O)OCCCOC1CC(O)CC(CO)O1. The van der Waals surface area contributed by atoms with E-state index in [4.69, 9.17) is 23.9 Å². The zero-order chi connectivity index (χ0) is 18.0. The van der Waals surface area contributed by atoms with Gasteiger partial charge in [0.2, 0.25) is 0 Å². The zero-order valence-corrected chi connectivity index (χ0v) is 14.1. The molecule has 0 radical (unpaired) electrons. The molecule has 11 heteroatoms. The first-order valence-electron chi connectivity index (χ1n) is 7.72. The van der Waals surface area contributed by atoms with Crippen LogP contribution in [0.15, 0.2) is 0 Å². The molecule has 0 saturated carbocycles. The molecule has 0 aliphatic carbocycles. The van der Waals surface area contributed by atoms with Gasteiger partial charge >= 0.3 is 6.09 Å². The van der Waals surface area contributed by atoms with Crippen LogP contribution in [-0.2, 0) is 24.3 Å². The summed E-state index contributed by atoms with van der Waals surface area (Å²) in [7, 11) is -4.02. The van der Waals surface area contributed by atoms with Gasteiger partial charge in [0, 0.05) is 25.8 Å². The Bertz CT molecular complexity index is 470. The number of nitrogens with one attached hydrogen (secondary N) is 1. The third kappa shape index (κ3) is 10.0. The summed E-state index contributed by atoms with van der Waals surface area (Å²) in [6.07, 6.45) is -1.10. The van der Waals surface area contributed by atoms with E-state index in [0.717, 1.165) is 0 Å². The molecule has 1 fully saturated rings. The van der Waals surface area contributed by atoms with Crippen molar-refractivity contribution < 1.29 is 42.2 Å². The molecule has 24 heavy (non-hydrogen) atoms. The Hall–Kier alpha value is -0.980. The quantitative estimate of drug-likeness (QED) is 0.287. The third-order valence-corrected chi connectivity index (χ3v) is 4.03. The average Bonchev–Trinajstić information content (AvgIpc) is 2.49. The summed E-state index contributed by atoms with van der Waals surface area (Å²) in [5.74, 6) is -0.427. The lowest BCUT2D eigenvalue weighted by molar-refractivity contribution is -0.222. The normalized spacial score (nSPS) is 24.5. The van der Waals surface area contributed by atoms with E-state index in [-0.39, 0.29) is 32.8 Å². The van der Waals surface area contributed by atoms with Crippen LogP contribution in [0.2, 0.25) is 0 Å². The van der Waals surface area contributed by atoms with Gasteiger partial charge in [-0.25, -0.2) is 4.79 Å². The molecule has 0 aromatic carbocycles. The molecule has 0 bridgehead atoms. The molecule has 1 aliphatic heterocycles. The molecular weight excluding hydrogens is 346 g/mol. The highest BCUT2D eigenvalue weighted by molar-refractivity contribution is 7.85.